The molecule has 0 unspecified atom stereocenters. The normalized spacial score (nSPS) is 10.8. The predicted molar refractivity (Wildman–Crippen MR) is 102 cm³/mol. The number of carbonyl (C=O) groups is 1. The summed E-state index contributed by atoms with van der Waals surface area (Å²) < 4.78 is 2.09. The van der Waals surface area contributed by atoms with Gasteiger partial charge in [-0.1, -0.05) is 30.0 Å². The Morgan fingerprint density at radius 3 is 2.72 bits per heavy atom. The zero-order chi connectivity index (χ0) is 17.6. The number of nitrogens with zero attached hydrogens (tertiary/aromatic N) is 4. The van der Waals surface area contributed by atoms with Crippen molar-refractivity contribution in [1.82, 2.24) is 19.7 Å². The van der Waals surface area contributed by atoms with Crippen molar-refractivity contribution in [2.24, 2.45) is 0 Å². The number of hydrogen-bond acceptors (Lipinski definition) is 5. The van der Waals surface area contributed by atoms with Crippen LogP contribution in [0.1, 0.15) is 20.8 Å². The molecule has 3 rings (SSSR count). The summed E-state index contributed by atoms with van der Waals surface area (Å²) in [5.41, 5.74) is 1.87. The molecule has 0 spiro atoms. The third-order valence-corrected chi connectivity index (χ3v) is 5.72. The Kier molecular flexibility index (Phi) is 5.88. The topological polar surface area (TPSA) is 51.0 Å². The van der Waals surface area contributed by atoms with Crippen molar-refractivity contribution in [2.45, 2.75) is 23.9 Å². The van der Waals surface area contributed by atoms with Gasteiger partial charge in [-0.05, 0) is 35.6 Å². The van der Waals surface area contributed by atoms with Crippen LogP contribution >= 0.6 is 23.1 Å². The van der Waals surface area contributed by atoms with E-state index in [1.54, 1.807) is 48.4 Å². The first kappa shape index (κ1) is 17.7. The third-order valence-electron chi connectivity index (χ3n) is 3.73. The zero-order valence-corrected chi connectivity index (χ0v) is 15.9. The lowest BCUT2D eigenvalue weighted by atomic mass is 10.1. The average molecular weight is 373 g/mol. The number of amides is 1. The smallest absolute Gasteiger partial charge is 0.253 e. The maximum Gasteiger partial charge on any atom is 0.253 e. The molecule has 0 aliphatic carbocycles. The van der Waals surface area contributed by atoms with E-state index in [9.17, 15) is 4.79 Å². The zero-order valence-electron chi connectivity index (χ0n) is 14.3. The monoisotopic (exact) mass is 372 g/mol. The third kappa shape index (κ3) is 4.70. The van der Waals surface area contributed by atoms with Gasteiger partial charge in [0.2, 0.25) is 0 Å². The summed E-state index contributed by atoms with van der Waals surface area (Å²) in [4.78, 5) is 14.9. The maximum atomic E-state index is 11.9. The van der Waals surface area contributed by atoms with E-state index < -0.39 is 0 Å². The first-order chi connectivity index (χ1) is 12.1. The van der Waals surface area contributed by atoms with Crippen molar-refractivity contribution in [3.63, 3.8) is 0 Å². The molecular weight excluding hydrogens is 352 g/mol. The van der Waals surface area contributed by atoms with Crippen LogP contribution in [-0.4, -0.2) is 39.7 Å². The second-order valence-corrected chi connectivity index (χ2v) is 7.80. The van der Waals surface area contributed by atoms with Gasteiger partial charge in [-0.25, -0.2) is 0 Å². The van der Waals surface area contributed by atoms with Crippen LogP contribution in [0.4, 0.5) is 0 Å². The molecule has 1 aromatic carbocycles. The minimum absolute atomic E-state index is 0.0209. The van der Waals surface area contributed by atoms with Crippen molar-refractivity contribution < 1.29 is 4.79 Å². The number of benzene rings is 1. The number of aromatic nitrogens is 3. The summed E-state index contributed by atoms with van der Waals surface area (Å²) in [6, 6.07) is 12.0. The molecule has 0 aliphatic rings. The summed E-state index contributed by atoms with van der Waals surface area (Å²) in [6.45, 7) is 0.881. The molecule has 2 aromatic heterocycles. The molecule has 1 amide bonds. The highest BCUT2D eigenvalue weighted by molar-refractivity contribution is 7.98. The molecule has 0 saturated carbocycles. The summed E-state index contributed by atoms with van der Waals surface area (Å²) in [5.74, 6) is 0.821. The maximum absolute atomic E-state index is 11.9. The van der Waals surface area contributed by atoms with Crippen LogP contribution in [0.5, 0.6) is 0 Å². The van der Waals surface area contributed by atoms with Gasteiger partial charge in [-0.3, -0.25) is 4.79 Å². The van der Waals surface area contributed by atoms with E-state index in [0.29, 0.717) is 5.56 Å². The van der Waals surface area contributed by atoms with Gasteiger partial charge in [-0.15, -0.1) is 21.5 Å². The highest BCUT2D eigenvalue weighted by Gasteiger charge is 2.09. The largest absolute Gasteiger partial charge is 0.345 e. The van der Waals surface area contributed by atoms with E-state index in [4.69, 9.17) is 0 Å². The molecule has 0 bridgehead atoms. The van der Waals surface area contributed by atoms with Gasteiger partial charge < -0.3 is 9.47 Å². The molecule has 25 heavy (non-hydrogen) atoms. The van der Waals surface area contributed by atoms with Crippen molar-refractivity contribution in [3.05, 3.63) is 64.1 Å². The molecule has 0 aliphatic heterocycles. The fraction of sp³-hybridized carbons (Fsp3) is 0.278. The predicted octanol–water partition coefficient (Wildman–Crippen LogP) is 3.58. The van der Waals surface area contributed by atoms with Crippen LogP contribution in [0.15, 0.2) is 53.3 Å². The molecule has 0 saturated heterocycles. The van der Waals surface area contributed by atoms with Gasteiger partial charge in [0.15, 0.2) is 5.16 Å². The quantitative estimate of drug-likeness (QED) is 0.595. The second-order valence-electron chi connectivity index (χ2n) is 5.82. The van der Waals surface area contributed by atoms with Crippen molar-refractivity contribution >= 4 is 29.0 Å². The highest BCUT2D eigenvalue weighted by Crippen LogP contribution is 2.22. The lowest BCUT2D eigenvalue weighted by Gasteiger charge is -2.10. The van der Waals surface area contributed by atoms with Crippen LogP contribution in [0.2, 0.25) is 0 Å². The first-order valence-electron chi connectivity index (χ1n) is 7.97. The molecule has 0 fully saturated rings. The summed E-state index contributed by atoms with van der Waals surface area (Å²) in [6.07, 6.45) is 2.78. The number of aryl methyl sites for hydroxylation is 2. The van der Waals surface area contributed by atoms with Crippen LogP contribution in [0.25, 0.3) is 0 Å². The van der Waals surface area contributed by atoms with Gasteiger partial charge in [-0.2, -0.15) is 0 Å². The summed E-state index contributed by atoms with van der Waals surface area (Å²) >= 11 is 3.44. The Balaban J connectivity index is 1.57. The number of thioether (sulfide) groups is 1. The van der Waals surface area contributed by atoms with Gasteiger partial charge in [0, 0.05) is 36.8 Å². The van der Waals surface area contributed by atoms with E-state index >= 15 is 0 Å². The summed E-state index contributed by atoms with van der Waals surface area (Å²) in [7, 11) is 3.52. The first-order valence-corrected chi connectivity index (χ1v) is 9.83. The Morgan fingerprint density at radius 2 is 2.04 bits per heavy atom. The molecule has 0 N–H and O–H groups in total. The van der Waals surface area contributed by atoms with Crippen LogP contribution < -0.4 is 0 Å². The minimum atomic E-state index is 0.0209. The highest BCUT2D eigenvalue weighted by atomic mass is 32.2. The molecule has 0 atom stereocenters. The molecule has 7 heteroatoms. The fourth-order valence-electron chi connectivity index (χ4n) is 2.34. The van der Waals surface area contributed by atoms with Crippen molar-refractivity contribution in [2.75, 3.05) is 14.1 Å². The van der Waals surface area contributed by atoms with Crippen LogP contribution in [-0.2, 0) is 18.7 Å². The average Bonchev–Trinajstić information content (AvgIpc) is 3.29. The number of hydrogen-bond donors (Lipinski definition) is 0. The van der Waals surface area contributed by atoms with Crippen LogP contribution in [0, 0.1) is 0 Å². The Labute approximate surface area is 155 Å². The second kappa shape index (κ2) is 8.31. The van der Waals surface area contributed by atoms with E-state index in [1.807, 2.05) is 24.3 Å². The lowest BCUT2D eigenvalue weighted by molar-refractivity contribution is 0.0827. The van der Waals surface area contributed by atoms with Gasteiger partial charge >= 0.3 is 0 Å². The Morgan fingerprint density at radius 1 is 1.24 bits per heavy atom. The molecular formula is C18H20N4OS2. The molecule has 130 valence electrons. The van der Waals surface area contributed by atoms with Crippen LogP contribution in [0.3, 0.4) is 0 Å². The standard InChI is InChI=1S/C18H20N4OS2/c1-21(2)17(23)15-7-5-14(6-8-15)12-25-18-20-19-13-22(18)10-9-16-4-3-11-24-16/h3-8,11,13H,9-10,12H2,1-2H3. The fourth-order valence-corrected chi connectivity index (χ4v) is 3.94. The van der Waals surface area contributed by atoms with E-state index in [2.05, 4.69) is 32.3 Å². The van der Waals surface area contributed by atoms with E-state index in [1.165, 1.54) is 4.88 Å². The molecule has 3 aromatic rings. The SMILES string of the molecule is CN(C)C(=O)c1ccc(CSc2nncn2CCc2cccs2)cc1. The summed E-state index contributed by atoms with van der Waals surface area (Å²) in [5, 5.41) is 11.3. The number of thiophene rings is 1. The number of rotatable bonds is 7. The molecule has 5 nitrogen and oxygen atoms in total. The molecule has 2 heterocycles. The van der Waals surface area contributed by atoms with Gasteiger partial charge in [0.1, 0.15) is 6.33 Å². The number of carbonyl (C=O) groups excluding carboxylic acids is 1. The Hall–Kier alpha value is -2.12. The van der Waals surface area contributed by atoms with Gasteiger partial charge in [0.25, 0.3) is 5.91 Å². The van der Waals surface area contributed by atoms with E-state index in [-0.39, 0.29) is 5.91 Å². The molecule has 0 radical (unpaired) electrons. The minimum Gasteiger partial charge on any atom is -0.345 e. The van der Waals surface area contributed by atoms with Crippen molar-refractivity contribution in [3.8, 4) is 0 Å². The van der Waals surface area contributed by atoms with Crippen molar-refractivity contribution in [1.29, 1.82) is 0 Å². The van der Waals surface area contributed by atoms with E-state index in [0.717, 1.165) is 29.4 Å². The Bertz CT molecular complexity index is 810. The van der Waals surface area contributed by atoms with Gasteiger partial charge in [0.05, 0.1) is 0 Å². The lowest BCUT2D eigenvalue weighted by Crippen LogP contribution is -2.21.